The minimum absolute atomic E-state index is 1.03. The van der Waals surface area contributed by atoms with Crippen molar-refractivity contribution in [2.75, 3.05) is 14.2 Å². The zero-order chi connectivity index (χ0) is 5.91. The van der Waals surface area contributed by atoms with E-state index in [9.17, 15) is 8.42 Å². The maximum Gasteiger partial charge on any atom is 0.399 e. The molecule has 0 aliphatic carbocycles. The van der Waals surface area contributed by atoms with Crippen LogP contribution in [0.1, 0.15) is 0 Å². The van der Waals surface area contributed by atoms with E-state index in [0.717, 1.165) is 14.2 Å². The topological polar surface area (TPSA) is 52.6 Å². The molecule has 44 valence electrons. The lowest BCUT2D eigenvalue weighted by molar-refractivity contribution is 0.286. The maximum absolute atomic E-state index is 9.92. The first-order chi connectivity index (χ1) is 3.12. The van der Waals surface area contributed by atoms with E-state index in [1.165, 1.54) is 0 Å². The summed E-state index contributed by atoms with van der Waals surface area (Å²) in [6, 6.07) is 0. The highest BCUT2D eigenvalue weighted by atomic mass is 32.3. The summed E-state index contributed by atoms with van der Waals surface area (Å²) < 4.78 is 27.5. The van der Waals surface area contributed by atoms with Gasteiger partial charge in [0.1, 0.15) is 0 Å². The predicted molar refractivity (Wildman–Crippen MR) is 22.9 cm³/mol. The second-order valence-electron chi connectivity index (χ2n) is 0.742. The second-order valence-corrected chi connectivity index (χ2v) is 2.22. The molecule has 0 unspecified atom stereocenters. The van der Waals surface area contributed by atoms with Gasteiger partial charge >= 0.3 is 10.4 Å². The smallest absolute Gasteiger partial charge is 0.252 e. The molecular formula is C2H6O4S. The zero-order valence-corrected chi connectivity index (χ0v) is 4.86. The Balaban J connectivity index is 3.89. The molecule has 0 aromatic carbocycles. The Hall–Kier alpha value is -0.130. The van der Waals surface area contributed by atoms with Gasteiger partial charge in [0.2, 0.25) is 0 Å². The van der Waals surface area contributed by atoms with Gasteiger partial charge in [0, 0.05) is 0 Å². The highest BCUT2D eigenvalue weighted by Crippen LogP contribution is 1.85. The number of hydrogen-bond acceptors (Lipinski definition) is 4. The van der Waals surface area contributed by atoms with Crippen LogP contribution >= 0.6 is 0 Å². The van der Waals surface area contributed by atoms with Gasteiger partial charge < -0.3 is 0 Å². The Labute approximate surface area is 42.4 Å². The van der Waals surface area contributed by atoms with E-state index in [-0.39, 0.29) is 0 Å². The van der Waals surface area contributed by atoms with E-state index in [1.807, 2.05) is 0 Å². The van der Waals surface area contributed by atoms with Gasteiger partial charge in [0.15, 0.2) is 0 Å². The summed E-state index contributed by atoms with van der Waals surface area (Å²) in [4.78, 5) is 0. The van der Waals surface area contributed by atoms with Crippen molar-refractivity contribution in [2.24, 2.45) is 0 Å². The minimum atomic E-state index is -3.66. The lowest BCUT2D eigenvalue weighted by Crippen LogP contribution is -2.02. The number of hydrogen-bond donors (Lipinski definition) is 0. The van der Waals surface area contributed by atoms with Crippen molar-refractivity contribution in [1.82, 2.24) is 0 Å². The van der Waals surface area contributed by atoms with E-state index in [0.29, 0.717) is 0 Å². The van der Waals surface area contributed by atoms with Crippen LogP contribution in [0.3, 0.4) is 0 Å². The van der Waals surface area contributed by atoms with Crippen molar-refractivity contribution in [1.29, 1.82) is 0 Å². The first-order valence-electron chi connectivity index (χ1n) is 1.48. The predicted octanol–water partition coefficient (Wildman–Crippen LogP) is -0.476. The van der Waals surface area contributed by atoms with Crippen molar-refractivity contribution in [3.05, 3.63) is 0 Å². The molecule has 0 amide bonds. The summed E-state index contributed by atoms with van der Waals surface area (Å²) in [7, 11) is -1.60. The quantitative estimate of drug-likeness (QED) is 0.506. The molecule has 0 aliphatic rings. The Kier molecular flexibility index (Phi) is 2.21. The van der Waals surface area contributed by atoms with Crippen LogP contribution in [-0.2, 0) is 18.8 Å². The van der Waals surface area contributed by atoms with Crippen molar-refractivity contribution in [3.8, 4) is 0 Å². The van der Waals surface area contributed by atoms with Gasteiger partial charge in [-0.15, -0.1) is 0 Å². The molecule has 5 heteroatoms. The highest BCUT2D eigenvalue weighted by Gasteiger charge is 2.01. The standard InChI is InChI=1S/C2H6O4S/c1-5-7(3,4)6-2/h1-2H3/i1+2,2+2. The van der Waals surface area contributed by atoms with Gasteiger partial charge in [0.05, 0.1) is 14.2 Å². The maximum atomic E-state index is 9.92. The third kappa shape index (κ3) is 2.55. The van der Waals surface area contributed by atoms with Crippen molar-refractivity contribution < 1.29 is 16.8 Å². The molecule has 0 aliphatic heterocycles. The van der Waals surface area contributed by atoms with Crippen molar-refractivity contribution >= 4 is 10.4 Å². The fourth-order valence-corrected chi connectivity index (χ4v) is 0.204. The molecular weight excluding hydrogens is 124 g/mol. The fourth-order valence-electron chi connectivity index (χ4n) is 0.0680. The van der Waals surface area contributed by atoms with Gasteiger partial charge in [-0.1, -0.05) is 0 Å². The molecule has 0 fully saturated rings. The monoisotopic (exact) mass is 130 g/mol. The summed E-state index contributed by atoms with van der Waals surface area (Å²) in [5.74, 6) is 0. The van der Waals surface area contributed by atoms with E-state index >= 15 is 0 Å². The van der Waals surface area contributed by atoms with Gasteiger partial charge in [-0.2, -0.15) is 8.42 Å². The van der Waals surface area contributed by atoms with Gasteiger partial charge in [-0.3, -0.25) is 8.37 Å². The minimum Gasteiger partial charge on any atom is -0.252 e. The first-order valence-corrected chi connectivity index (χ1v) is 2.82. The molecule has 0 atom stereocenters. The van der Waals surface area contributed by atoms with E-state index in [1.54, 1.807) is 0 Å². The molecule has 4 nitrogen and oxygen atoms in total. The molecule has 0 N–H and O–H groups in total. The number of rotatable bonds is 2. The lowest BCUT2D eigenvalue weighted by atomic mass is 13.6. The van der Waals surface area contributed by atoms with E-state index in [2.05, 4.69) is 8.37 Å². The van der Waals surface area contributed by atoms with E-state index in [4.69, 9.17) is 0 Å². The zero-order valence-electron chi connectivity index (χ0n) is 4.04. The molecule has 0 saturated carbocycles. The van der Waals surface area contributed by atoms with Gasteiger partial charge in [0.25, 0.3) is 0 Å². The summed E-state index contributed by atoms with van der Waals surface area (Å²) in [6.07, 6.45) is 0. The van der Waals surface area contributed by atoms with Gasteiger partial charge in [-0.25, -0.2) is 0 Å². The average Bonchev–Trinajstić information content (AvgIpc) is 1.68. The molecule has 0 bridgehead atoms. The Morgan fingerprint density at radius 1 is 1.14 bits per heavy atom. The van der Waals surface area contributed by atoms with Crippen LogP contribution in [0.4, 0.5) is 0 Å². The second kappa shape index (κ2) is 2.25. The van der Waals surface area contributed by atoms with Crippen molar-refractivity contribution in [3.63, 3.8) is 0 Å². The highest BCUT2D eigenvalue weighted by molar-refractivity contribution is 7.81. The molecule has 0 radical (unpaired) electrons. The summed E-state index contributed by atoms with van der Waals surface area (Å²) in [5.41, 5.74) is 0. The van der Waals surface area contributed by atoms with Crippen LogP contribution in [0.5, 0.6) is 0 Å². The Bertz CT molecular complexity index is 113. The third-order valence-corrected chi connectivity index (χ3v) is 1.22. The summed E-state index contributed by atoms with van der Waals surface area (Å²) >= 11 is 0. The molecule has 7 heavy (non-hydrogen) atoms. The third-order valence-electron chi connectivity index (χ3n) is 0.408. The first kappa shape index (κ1) is 6.87. The summed E-state index contributed by atoms with van der Waals surface area (Å²) in [6.45, 7) is 0. The lowest BCUT2D eigenvalue weighted by Gasteiger charge is -1.91. The molecule has 0 aromatic rings. The van der Waals surface area contributed by atoms with Crippen LogP contribution in [0, 0.1) is 0 Å². The van der Waals surface area contributed by atoms with Crippen LogP contribution in [0.2, 0.25) is 0 Å². The molecule has 0 aromatic heterocycles. The molecule has 0 spiro atoms. The van der Waals surface area contributed by atoms with Gasteiger partial charge in [-0.05, 0) is 0 Å². The molecule has 0 rings (SSSR count). The molecule has 0 saturated heterocycles. The Morgan fingerprint density at radius 3 is 1.43 bits per heavy atom. The fraction of sp³-hybridized carbons (Fsp3) is 1.00. The normalized spacial score (nSPS) is 11.7. The Morgan fingerprint density at radius 2 is 1.43 bits per heavy atom. The van der Waals surface area contributed by atoms with Crippen LogP contribution in [0.15, 0.2) is 0 Å². The van der Waals surface area contributed by atoms with Crippen LogP contribution < -0.4 is 0 Å². The largest absolute Gasteiger partial charge is 0.399 e. The SMILES string of the molecule is [14CH3]OS(=O)(=O)O[14CH3]. The van der Waals surface area contributed by atoms with E-state index < -0.39 is 10.4 Å². The van der Waals surface area contributed by atoms with Crippen LogP contribution in [-0.4, -0.2) is 22.6 Å². The van der Waals surface area contributed by atoms with Crippen molar-refractivity contribution in [2.45, 2.75) is 0 Å². The average molecular weight is 130 g/mol. The summed E-state index contributed by atoms with van der Waals surface area (Å²) in [5, 5.41) is 0. The molecule has 0 heterocycles. The van der Waals surface area contributed by atoms with Crippen LogP contribution in [0.25, 0.3) is 0 Å².